The van der Waals surface area contributed by atoms with Crippen LogP contribution in [-0.4, -0.2) is 18.1 Å². The van der Waals surface area contributed by atoms with Crippen LogP contribution >= 0.6 is 24.5 Å². The first kappa shape index (κ1) is 79.6. The van der Waals surface area contributed by atoms with E-state index in [9.17, 15) is 0 Å². The summed E-state index contributed by atoms with van der Waals surface area (Å²) in [5, 5.41) is 21.5. The van der Waals surface area contributed by atoms with Crippen molar-refractivity contribution in [1.29, 1.82) is 0 Å². The molecule has 0 spiro atoms. The lowest BCUT2D eigenvalue weighted by Gasteiger charge is -2.34. The van der Waals surface area contributed by atoms with E-state index in [4.69, 9.17) is 25.2 Å². The maximum atomic E-state index is 7.20. The number of hydrogen-bond donors (Lipinski definition) is 0. The van der Waals surface area contributed by atoms with E-state index in [1.807, 2.05) is 0 Å². The molecule has 15 aromatic carbocycles. The summed E-state index contributed by atoms with van der Waals surface area (Å²) in [4.78, 5) is 0. The molecule has 2 fully saturated rings. The van der Waals surface area contributed by atoms with Crippen molar-refractivity contribution >= 4 is 155 Å². The molecule has 3 heterocycles. The third kappa shape index (κ3) is 15.6. The van der Waals surface area contributed by atoms with E-state index in [0.29, 0.717) is 30.2 Å². The van der Waals surface area contributed by atoms with Gasteiger partial charge in [-0.1, -0.05) is 352 Å². The number of hydrogen-bond acceptors (Lipinski definition) is 9. The largest absolute Gasteiger partial charge is 0.408 e. The molecule has 0 amide bonds. The highest BCUT2D eigenvalue weighted by atomic mass is 31.1. The zero-order chi connectivity index (χ0) is 82.1. The summed E-state index contributed by atoms with van der Waals surface area (Å²) in [7, 11) is -4.19. The second-order valence-corrected chi connectivity index (χ2v) is 39.1. The summed E-state index contributed by atoms with van der Waals surface area (Å²) >= 11 is 0. The van der Waals surface area contributed by atoms with Gasteiger partial charge in [-0.25, -0.2) is 0 Å². The number of nitrogens with zero attached hydrogens (tertiary/aromatic N) is 3. The van der Waals surface area contributed by atoms with E-state index in [-0.39, 0.29) is 6.04 Å². The van der Waals surface area contributed by atoms with Crippen LogP contribution in [0.15, 0.2) is 316 Å². The molecule has 0 N–H and O–H groups in total. The highest BCUT2D eigenvalue weighted by molar-refractivity contribution is 7.39. The SMILES string of the molecule is CCCCC(CCCC)N([C@H]1CCc2ccccc21)p1oc2ccc3ccccc3c2c2c(ccc3ccccc32)o1.c1ccc2c(c1)CC[C@@H]2N(C1CCCCCC1)p1oc2ccc3ccccc3c2c2c(ccc3ccccc32)o1.c1ccc2c(c1)CC[C@@H]2N(C1CCCCCCC1)p1oc2ccc3ccccc3c2c2c(ccc3ccccc32)o1. The molecule has 18 aromatic rings. The Kier molecular flexibility index (Phi) is 23.3. The van der Waals surface area contributed by atoms with Crippen molar-refractivity contribution < 1.29 is 25.2 Å². The van der Waals surface area contributed by atoms with E-state index in [1.54, 1.807) is 0 Å². The molecule has 2 saturated carbocycles. The summed E-state index contributed by atoms with van der Waals surface area (Å²) in [5.74, 6) is 0. The molecule has 0 bridgehead atoms. The maximum Gasteiger partial charge on any atom is 0.310 e. The van der Waals surface area contributed by atoms with Crippen LogP contribution in [0.3, 0.4) is 0 Å². The van der Waals surface area contributed by atoms with Gasteiger partial charge in [0.05, 0.1) is 0 Å². The average Bonchev–Trinajstić information content (AvgIpc) is 1.70. The Hall–Kier alpha value is -10.6. The van der Waals surface area contributed by atoms with Gasteiger partial charge in [0.1, 0.15) is 33.5 Å². The van der Waals surface area contributed by atoms with Gasteiger partial charge < -0.3 is 25.2 Å². The highest BCUT2D eigenvalue weighted by Crippen LogP contribution is 2.55. The second kappa shape index (κ2) is 36.0. The smallest absolute Gasteiger partial charge is 0.310 e. The van der Waals surface area contributed by atoms with Crippen LogP contribution in [0.1, 0.15) is 207 Å². The lowest BCUT2D eigenvalue weighted by molar-refractivity contribution is 0.408. The number of rotatable bonds is 15. The Bertz CT molecular complexity index is 6750. The normalized spacial score (nSPS) is 17.1. The summed E-state index contributed by atoms with van der Waals surface area (Å²) in [5.41, 5.74) is 14.4. The van der Waals surface area contributed by atoms with Gasteiger partial charge in [0.2, 0.25) is 0 Å². The van der Waals surface area contributed by atoms with E-state index in [1.165, 1.54) is 207 Å². The number of benzene rings is 15. The van der Waals surface area contributed by atoms with Crippen LogP contribution in [0, 0.1) is 0 Å². The molecule has 9 nitrogen and oxygen atoms in total. The topological polar surface area (TPSA) is 88.6 Å². The minimum atomic E-state index is -1.42. The van der Waals surface area contributed by atoms with Crippen LogP contribution in [0.25, 0.3) is 130 Å². The van der Waals surface area contributed by atoms with Crippen molar-refractivity contribution in [1.82, 2.24) is 0 Å². The molecular formula is C111H110N3O6P3. The van der Waals surface area contributed by atoms with Gasteiger partial charge in [-0.2, -0.15) is 14.0 Å². The average molecular weight is 1680 g/mol. The van der Waals surface area contributed by atoms with Crippen LogP contribution < -0.4 is 14.0 Å². The standard InChI is InChI=1S/C38H40NO2P.C37H36NO2P.C36H34NO2P/c1-3-5-16-30(17-6-4-2)39(34-24-21-27-13-7-10-18-31(27)34)42-40-35-25-22-28-14-8-11-19-32(28)37(35)38-33-20-12-9-15-29(33)23-26-36(38)41-42;1-2-4-15-29(16-5-3-1)38(33-23-20-26-12-6-9-17-30(26)33)41-39-34-24-21-27-13-7-10-18-31(27)36(34)37-32-19-11-8-14-28(32)22-25-35(37)40-41;1-2-4-15-28(14-3-1)37(32-22-19-25-11-5-8-16-29(25)32)40-38-33-23-20-26-12-6-9-17-30(26)35(33)36-31-18-10-7-13-27(31)21-24-34(36)39-40/h7-15,18-20,22-23,25-26,30,34H,3-6,16-17,21,24H2,1-2H3;6-14,17-19,21-22,24-25,29,33H,1-5,15-16,20,23H2;5-13,16-18,20-21,23-24,28,32H,1-4,14-15,19,22H2/t34-;33-;32-/m000/s1. The molecule has 0 saturated heterocycles. The number of unbranched alkanes of at least 4 members (excludes halogenated alkanes) is 2. The Labute approximate surface area is 724 Å². The third-order valence-corrected chi connectivity index (χ3v) is 32.8. The molecule has 12 heteroatoms. The van der Waals surface area contributed by atoms with Crippen molar-refractivity contribution in [3.63, 3.8) is 0 Å². The van der Waals surface area contributed by atoms with Gasteiger partial charge in [-0.15, -0.1) is 0 Å². The van der Waals surface area contributed by atoms with Crippen LogP contribution in [0.5, 0.6) is 0 Å². The van der Waals surface area contributed by atoms with Crippen LogP contribution in [0.2, 0.25) is 0 Å². The van der Waals surface area contributed by atoms with Gasteiger partial charge >= 0.3 is 24.5 Å². The summed E-state index contributed by atoms with van der Waals surface area (Å²) in [6.45, 7) is 4.61. The molecule has 5 aliphatic carbocycles. The van der Waals surface area contributed by atoms with E-state index in [0.717, 1.165) is 117 Å². The lowest BCUT2D eigenvalue weighted by Crippen LogP contribution is -2.36. The van der Waals surface area contributed by atoms with Gasteiger partial charge in [0.15, 0.2) is 0 Å². The van der Waals surface area contributed by atoms with Gasteiger partial charge in [-0.3, -0.25) is 0 Å². The van der Waals surface area contributed by atoms with Crippen molar-refractivity contribution in [2.75, 3.05) is 14.0 Å². The van der Waals surface area contributed by atoms with Crippen molar-refractivity contribution in [2.24, 2.45) is 0 Å². The molecule has 3 atom stereocenters. The fraction of sp³-hybridized carbons (Fsp3) is 0.297. The summed E-state index contributed by atoms with van der Waals surface area (Å²) in [6.07, 6.45) is 30.5. The maximum absolute atomic E-state index is 7.20. The molecule has 23 rings (SSSR count). The van der Waals surface area contributed by atoms with Crippen molar-refractivity contribution in [3.05, 3.63) is 325 Å². The fourth-order valence-corrected chi connectivity index (χ4v) is 27.3. The molecule has 5 aliphatic rings. The Balaban J connectivity index is 0.000000113. The monoisotopic (exact) mass is 1670 g/mol. The van der Waals surface area contributed by atoms with E-state index < -0.39 is 24.5 Å². The van der Waals surface area contributed by atoms with Crippen LogP contribution in [0.4, 0.5) is 0 Å². The molecule has 0 radical (unpaired) electrons. The Morgan fingerprint density at radius 1 is 0.260 bits per heavy atom. The molecule has 0 unspecified atom stereocenters. The first-order valence-corrected chi connectivity index (χ1v) is 49.5. The molecule has 620 valence electrons. The Morgan fingerprint density at radius 3 is 0.797 bits per heavy atom. The predicted molar refractivity (Wildman–Crippen MR) is 522 cm³/mol. The first-order valence-electron chi connectivity index (χ1n) is 46.1. The van der Waals surface area contributed by atoms with Gasteiger partial charge in [-0.05, 0) is 211 Å². The quantitative estimate of drug-likeness (QED) is 0.0931. The highest BCUT2D eigenvalue weighted by Gasteiger charge is 2.41. The predicted octanol–water partition coefficient (Wildman–Crippen LogP) is 34.3. The fourth-order valence-electron chi connectivity index (χ4n) is 21.8. The molecular weight excluding hydrogens is 1560 g/mol. The van der Waals surface area contributed by atoms with Crippen molar-refractivity contribution in [3.8, 4) is 0 Å². The number of fused-ring (bicyclic) bond motifs is 24. The number of aryl methyl sites for hydroxylation is 3. The minimum Gasteiger partial charge on any atom is -0.408 e. The molecule has 0 aliphatic heterocycles. The first-order chi connectivity index (χ1) is 61.0. The van der Waals surface area contributed by atoms with Gasteiger partial charge in [0, 0.05) is 68.6 Å². The second-order valence-electron chi connectivity index (χ2n) is 35.2. The van der Waals surface area contributed by atoms with Crippen LogP contribution in [-0.2, 0) is 19.3 Å². The lowest BCUT2D eigenvalue weighted by atomic mass is 9.95. The zero-order valence-electron chi connectivity index (χ0n) is 71.0. The molecule has 123 heavy (non-hydrogen) atoms. The van der Waals surface area contributed by atoms with Gasteiger partial charge in [0.25, 0.3) is 0 Å². The van der Waals surface area contributed by atoms with E-state index in [2.05, 4.69) is 319 Å². The van der Waals surface area contributed by atoms with Crippen molar-refractivity contribution in [2.45, 2.75) is 211 Å². The third-order valence-electron chi connectivity index (χ3n) is 27.8. The summed E-state index contributed by atoms with van der Waals surface area (Å²) in [6, 6.07) is 108. The molecule has 3 aromatic heterocycles. The zero-order valence-corrected chi connectivity index (χ0v) is 73.7. The van der Waals surface area contributed by atoms with E-state index >= 15 is 0 Å². The Morgan fingerprint density at radius 2 is 0.504 bits per heavy atom. The minimum absolute atomic E-state index is 0.289. The summed E-state index contributed by atoms with van der Waals surface area (Å²) < 4.78 is 51.1.